The number of rotatable bonds is 3. The first-order valence-corrected chi connectivity index (χ1v) is 8.63. The van der Waals surface area contributed by atoms with Crippen LogP contribution in [0.5, 0.6) is 0 Å². The summed E-state index contributed by atoms with van der Waals surface area (Å²) in [6, 6.07) is 2.02. The fraction of sp³-hybridized carbons (Fsp3) is 0.706. The Bertz CT molecular complexity index is 579. The van der Waals surface area contributed by atoms with Crippen LogP contribution in [0.3, 0.4) is 0 Å². The lowest BCUT2D eigenvalue weighted by Gasteiger charge is -2.37. The predicted octanol–water partition coefficient (Wildman–Crippen LogP) is 0.972. The third kappa shape index (κ3) is 3.84. The number of aromatic nitrogens is 2. The third-order valence-electron chi connectivity index (χ3n) is 4.38. The number of anilines is 1. The molecule has 0 bridgehead atoms. The van der Waals surface area contributed by atoms with Crippen molar-refractivity contribution in [3.8, 4) is 0 Å². The minimum Gasteiger partial charge on any atom is -0.376 e. The van der Waals surface area contributed by atoms with E-state index in [1.807, 2.05) is 17.9 Å². The highest BCUT2D eigenvalue weighted by atomic mass is 16.6. The number of ether oxygens (including phenoxy) is 2. The highest BCUT2D eigenvalue weighted by molar-refractivity contribution is 5.81. The minimum atomic E-state index is -0.445. The largest absolute Gasteiger partial charge is 0.376 e. The molecule has 7 heteroatoms. The Morgan fingerprint density at radius 2 is 1.96 bits per heavy atom. The molecule has 132 valence electrons. The molecular weight excluding hydrogens is 308 g/mol. The van der Waals surface area contributed by atoms with E-state index in [-0.39, 0.29) is 5.91 Å². The number of amides is 1. The van der Waals surface area contributed by atoms with Crippen molar-refractivity contribution in [3.05, 3.63) is 17.6 Å². The maximum absolute atomic E-state index is 12.5. The molecule has 1 aromatic heterocycles. The summed E-state index contributed by atoms with van der Waals surface area (Å²) >= 11 is 0. The van der Waals surface area contributed by atoms with Crippen LogP contribution in [0.1, 0.15) is 31.3 Å². The van der Waals surface area contributed by atoms with Gasteiger partial charge in [-0.05, 0) is 6.92 Å². The third-order valence-corrected chi connectivity index (χ3v) is 4.38. The van der Waals surface area contributed by atoms with Crippen LogP contribution < -0.4 is 4.90 Å². The van der Waals surface area contributed by atoms with Crippen molar-refractivity contribution in [3.63, 3.8) is 0 Å². The molecule has 3 heterocycles. The molecule has 2 aliphatic heterocycles. The molecular formula is C17H26N4O3. The van der Waals surface area contributed by atoms with E-state index < -0.39 is 6.10 Å². The van der Waals surface area contributed by atoms with Crippen LogP contribution in [0, 0.1) is 6.92 Å². The highest BCUT2D eigenvalue weighted by Gasteiger charge is 2.30. The Morgan fingerprint density at radius 1 is 1.21 bits per heavy atom. The van der Waals surface area contributed by atoms with Crippen LogP contribution in [-0.4, -0.2) is 72.9 Å². The van der Waals surface area contributed by atoms with Crippen molar-refractivity contribution in [2.45, 2.75) is 32.8 Å². The predicted molar refractivity (Wildman–Crippen MR) is 90.2 cm³/mol. The van der Waals surface area contributed by atoms with Crippen LogP contribution in [0.25, 0.3) is 0 Å². The maximum Gasteiger partial charge on any atom is 0.254 e. The zero-order valence-electron chi connectivity index (χ0n) is 14.7. The Hall–Kier alpha value is -1.73. The van der Waals surface area contributed by atoms with Crippen molar-refractivity contribution in [2.75, 3.05) is 50.9 Å². The second-order valence-electron chi connectivity index (χ2n) is 6.63. The van der Waals surface area contributed by atoms with Gasteiger partial charge in [-0.25, -0.2) is 9.97 Å². The lowest BCUT2D eigenvalue weighted by Crippen LogP contribution is -2.53. The van der Waals surface area contributed by atoms with Gasteiger partial charge in [-0.1, -0.05) is 13.8 Å². The van der Waals surface area contributed by atoms with Crippen molar-refractivity contribution in [2.24, 2.45) is 0 Å². The summed E-state index contributed by atoms with van der Waals surface area (Å²) in [5.41, 5.74) is 0.981. The standard InChI is InChI=1S/C17H26N4O3/c1-12(2)16-18-13(3)10-15(19-16)20-4-6-21(7-5-20)17(22)14-11-23-8-9-24-14/h10,12,14H,4-9,11H2,1-3H3. The summed E-state index contributed by atoms with van der Waals surface area (Å²) in [4.78, 5) is 25.7. The molecule has 1 unspecified atom stereocenters. The molecule has 1 aromatic rings. The summed E-state index contributed by atoms with van der Waals surface area (Å²) in [5.74, 6) is 2.16. The zero-order chi connectivity index (χ0) is 17.1. The molecule has 0 N–H and O–H groups in total. The Balaban J connectivity index is 1.61. The van der Waals surface area contributed by atoms with Gasteiger partial charge in [-0.2, -0.15) is 0 Å². The number of piperazine rings is 1. The van der Waals surface area contributed by atoms with Crippen molar-refractivity contribution in [1.29, 1.82) is 0 Å². The molecule has 1 amide bonds. The molecule has 2 fully saturated rings. The molecule has 2 aliphatic rings. The van der Waals surface area contributed by atoms with Crippen LogP contribution in [0.15, 0.2) is 6.07 Å². The first-order chi connectivity index (χ1) is 11.5. The number of carbonyl (C=O) groups is 1. The monoisotopic (exact) mass is 334 g/mol. The average Bonchev–Trinajstić information content (AvgIpc) is 2.61. The molecule has 1 atom stereocenters. The van der Waals surface area contributed by atoms with E-state index in [0.717, 1.165) is 30.4 Å². The fourth-order valence-corrected chi connectivity index (χ4v) is 2.98. The van der Waals surface area contributed by atoms with E-state index in [0.29, 0.717) is 38.8 Å². The molecule has 0 spiro atoms. The summed E-state index contributed by atoms with van der Waals surface area (Å²) < 4.78 is 10.8. The summed E-state index contributed by atoms with van der Waals surface area (Å²) in [7, 11) is 0. The summed E-state index contributed by atoms with van der Waals surface area (Å²) in [5, 5.41) is 0. The minimum absolute atomic E-state index is 0.0380. The van der Waals surface area contributed by atoms with Crippen molar-refractivity contribution < 1.29 is 14.3 Å². The topological polar surface area (TPSA) is 67.8 Å². The van der Waals surface area contributed by atoms with Gasteiger partial charge in [0.1, 0.15) is 11.6 Å². The number of carbonyl (C=O) groups excluding carboxylic acids is 1. The lowest BCUT2D eigenvalue weighted by atomic mass is 10.2. The summed E-state index contributed by atoms with van der Waals surface area (Å²) in [6.45, 7) is 10.5. The number of hydrogen-bond donors (Lipinski definition) is 0. The van der Waals surface area contributed by atoms with E-state index >= 15 is 0 Å². The van der Waals surface area contributed by atoms with E-state index in [1.165, 1.54) is 0 Å². The number of hydrogen-bond acceptors (Lipinski definition) is 6. The van der Waals surface area contributed by atoms with E-state index in [1.54, 1.807) is 0 Å². The van der Waals surface area contributed by atoms with Gasteiger partial charge in [0.15, 0.2) is 6.10 Å². The quantitative estimate of drug-likeness (QED) is 0.821. The normalized spacial score (nSPS) is 22.1. The first-order valence-electron chi connectivity index (χ1n) is 8.63. The van der Waals surface area contributed by atoms with E-state index in [9.17, 15) is 4.79 Å². The Labute approximate surface area is 143 Å². The molecule has 2 saturated heterocycles. The Kier molecular flexibility index (Phi) is 5.30. The number of nitrogens with zero attached hydrogens (tertiary/aromatic N) is 4. The van der Waals surface area contributed by atoms with Gasteiger partial charge >= 0.3 is 0 Å². The second kappa shape index (κ2) is 7.44. The summed E-state index contributed by atoms with van der Waals surface area (Å²) in [6.07, 6.45) is -0.445. The van der Waals surface area contributed by atoms with Gasteiger partial charge in [0.25, 0.3) is 5.91 Å². The average molecular weight is 334 g/mol. The molecule has 0 radical (unpaired) electrons. The van der Waals surface area contributed by atoms with Gasteiger partial charge < -0.3 is 19.3 Å². The second-order valence-corrected chi connectivity index (χ2v) is 6.63. The SMILES string of the molecule is Cc1cc(N2CCN(C(=O)C3COCCO3)CC2)nc(C(C)C)n1. The van der Waals surface area contributed by atoms with Crippen molar-refractivity contribution in [1.82, 2.24) is 14.9 Å². The molecule has 3 rings (SSSR count). The number of aryl methyl sites for hydroxylation is 1. The molecule has 0 aliphatic carbocycles. The van der Waals surface area contributed by atoms with Gasteiger partial charge in [0.05, 0.1) is 19.8 Å². The van der Waals surface area contributed by atoms with E-state index in [4.69, 9.17) is 9.47 Å². The van der Waals surface area contributed by atoms with Crippen LogP contribution in [0.2, 0.25) is 0 Å². The first kappa shape index (κ1) is 17.1. The molecule has 7 nitrogen and oxygen atoms in total. The van der Waals surface area contributed by atoms with Crippen LogP contribution >= 0.6 is 0 Å². The zero-order valence-corrected chi connectivity index (χ0v) is 14.7. The molecule has 0 saturated carbocycles. The highest BCUT2D eigenvalue weighted by Crippen LogP contribution is 2.19. The maximum atomic E-state index is 12.5. The van der Waals surface area contributed by atoms with Gasteiger partial charge in [0, 0.05) is 43.9 Å². The van der Waals surface area contributed by atoms with Crippen molar-refractivity contribution >= 4 is 11.7 Å². The lowest BCUT2D eigenvalue weighted by molar-refractivity contribution is -0.158. The fourth-order valence-electron chi connectivity index (χ4n) is 2.98. The Morgan fingerprint density at radius 3 is 2.58 bits per heavy atom. The molecule has 24 heavy (non-hydrogen) atoms. The van der Waals surface area contributed by atoms with Gasteiger partial charge in [0.2, 0.25) is 0 Å². The van der Waals surface area contributed by atoms with Gasteiger partial charge in [-0.15, -0.1) is 0 Å². The van der Waals surface area contributed by atoms with Crippen LogP contribution in [0.4, 0.5) is 5.82 Å². The van der Waals surface area contributed by atoms with E-state index in [2.05, 4.69) is 28.7 Å². The smallest absolute Gasteiger partial charge is 0.254 e. The molecule has 0 aromatic carbocycles. The van der Waals surface area contributed by atoms with Gasteiger partial charge in [-0.3, -0.25) is 4.79 Å². The van der Waals surface area contributed by atoms with Crippen LogP contribution in [-0.2, 0) is 14.3 Å².